The molecule has 0 unspecified atom stereocenters. The number of nitrogens with zero attached hydrogens (tertiary/aromatic N) is 2. The number of anilines is 2. The van der Waals surface area contributed by atoms with Gasteiger partial charge in [0.15, 0.2) is 0 Å². The number of nitrogens with one attached hydrogen (secondary N) is 1. The molecule has 1 N–H and O–H groups in total. The van der Waals surface area contributed by atoms with E-state index in [0.29, 0.717) is 12.2 Å². The summed E-state index contributed by atoms with van der Waals surface area (Å²) < 4.78 is 28.5. The highest BCUT2D eigenvalue weighted by Crippen LogP contribution is 2.28. The Balaban J connectivity index is 1.50. The summed E-state index contributed by atoms with van der Waals surface area (Å²) in [6.45, 7) is 7.93. The number of rotatable bonds is 8. The molecule has 3 aromatic carbocycles. The first kappa shape index (κ1) is 25.8. The van der Waals surface area contributed by atoms with Crippen molar-refractivity contribution in [3.63, 3.8) is 0 Å². The molecule has 0 spiro atoms. The standard InChI is InChI=1S/C29H35N3O3S/c1-22-10-16-27(17-11-22)36(34,35)32(28-9-7-8-23(2)24(28)3)21-29(33)30-20-25-12-14-26(15-13-25)31-18-5-4-6-19-31/h7-17H,4-6,18-21H2,1-3H3,(H,30,33). The number of hydrogen-bond acceptors (Lipinski definition) is 4. The van der Waals surface area contributed by atoms with Gasteiger partial charge in [-0.25, -0.2) is 8.42 Å². The molecule has 0 aliphatic carbocycles. The van der Waals surface area contributed by atoms with Crippen LogP contribution in [0, 0.1) is 20.8 Å². The molecule has 1 aliphatic heterocycles. The lowest BCUT2D eigenvalue weighted by Crippen LogP contribution is -2.41. The summed E-state index contributed by atoms with van der Waals surface area (Å²) in [6.07, 6.45) is 3.74. The van der Waals surface area contributed by atoms with Crippen molar-refractivity contribution in [2.75, 3.05) is 28.8 Å². The van der Waals surface area contributed by atoms with Crippen molar-refractivity contribution in [2.45, 2.75) is 51.5 Å². The maximum atomic E-state index is 13.6. The van der Waals surface area contributed by atoms with Gasteiger partial charge in [-0.05, 0) is 87.1 Å². The Morgan fingerprint density at radius 1 is 0.889 bits per heavy atom. The maximum absolute atomic E-state index is 13.6. The number of aryl methyl sites for hydroxylation is 2. The Bertz CT molecular complexity index is 1300. The zero-order valence-electron chi connectivity index (χ0n) is 21.3. The third kappa shape index (κ3) is 5.90. The SMILES string of the molecule is Cc1ccc(S(=O)(=O)N(CC(=O)NCc2ccc(N3CCCCC3)cc2)c2cccc(C)c2C)cc1. The molecule has 1 aliphatic rings. The lowest BCUT2D eigenvalue weighted by Gasteiger charge is -2.29. The molecule has 1 amide bonds. The van der Waals surface area contributed by atoms with Gasteiger partial charge in [0.1, 0.15) is 6.54 Å². The fourth-order valence-corrected chi connectivity index (χ4v) is 5.99. The minimum absolute atomic E-state index is 0.162. The van der Waals surface area contributed by atoms with Crippen molar-refractivity contribution in [1.82, 2.24) is 5.32 Å². The molecule has 7 heteroatoms. The average molecular weight is 506 g/mol. The number of benzene rings is 3. The summed E-state index contributed by atoms with van der Waals surface area (Å²) >= 11 is 0. The molecule has 0 radical (unpaired) electrons. The topological polar surface area (TPSA) is 69.7 Å². The van der Waals surface area contributed by atoms with Crippen LogP contribution < -0.4 is 14.5 Å². The average Bonchev–Trinajstić information content (AvgIpc) is 2.89. The van der Waals surface area contributed by atoms with E-state index in [9.17, 15) is 13.2 Å². The predicted octanol–water partition coefficient (Wildman–Crippen LogP) is 5.11. The highest BCUT2D eigenvalue weighted by atomic mass is 32.2. The summed E-state index contributed by atoms with van der Waals surface area (Å²) in [5, 5.41) is 2.91. The molecule has 0 bridgehead atoms. The van der Waals surface area contributed by atoms with Crippen LogP contribution in [0.5, 0.6) is 0 Å². The molecule has 1 fully saturated rings. The van der Waals surface area contributed by atoms with Crippen LogP contribution in [0.2, 0.25) is 0 Å². The van der Waals surface area contributed by atoms with Gasteiger partial charge < -0.3 is 10.2 Å². The fourth-order valence-electron chi connectivity index (χ4n) is 4.51. The molecule has 0 atom stereocenters. The lowest BCUT2D eigenvalue weighted by molar-refractivity contribution is -0.119. The minimum Gasteiger partial charge on any atom is -0.372 e. The summed E-state index contributed by atoms with van der Waals surface area (Å²) in [5.41, 5.74) is 5.45. The number of hydrogen-bond donors (Lipinski definition) is 1. The number of amides is 1. The third-order valence-corrected chi connectivity index (χ3v) is 8.66. The first-order chi connectivity index (χ1) is 17.3. The van der Waals surface area contributed by atoms with Gasteiger partial charge >= 0.3 is 0 Å². The lowest BCUT2D eigenvalue weighted by atomic mass is 10.1. The Morgan fingerprint density at radius 3 is 2.22 bits per heavy atom. The highest BCUT2D eigenvalue weighted by Gasteiger charge is 2.28. The van der Waals surface area contributed by atoms with E-state index in [1.54, 1.807) is 30.3 Å². The summed E-state index contributed by atoms with van der Waals surface area (Å²) in [6, 6.07) is 20.4. The molecular weight excluding hydrogens is 470 g/mol. The smallest absolute Gasteiger partial charge is 0.264 e. The van der Waals surface area contributed by atoms with E-state index in [0.717, 1.165) is 35.3 Å². The van der Waals surface area contributed by atoms with E-state index >= 15 is 0 Å². The molecule has 0 aromatic heterocycles. The van der Waals surface area contributed by atoms with Crippen molar-refractivity contribution < 1.29 is 13.2 Å². The monoisotopic (exact) mass is 505 g/mol. The van der Waals surface area contributed by atoms with Crippen molar-refractivity contribution >= 4 is 27.3 Å². The maximum Gasteiger partial charge on any atom is 0.264 e. The van der Waals surface area contributed by atoms with E-state index in [1.165, 1.54) is 29.3 Å². The molecule has 6 nitrogen and oxygen atoms in total. The normalized spacial score (nSPS) is 13.9. The fraction of sp³-hybridized carbons (Fsp3) is 0.345. The Hall–Kier alpha value is -3.32. The summed E-state index contributed by atoms with van der Waals surface area (Å²) in [5.74, 6) is -0.355. The molecule has 190 valence electrons. The van der Waals surface area contributed by atoms with Gasteiger partial charge in [0.05, 0.1) is 10.6 Å². The van der Waals surface area contributed by atoms with E-state index in [4.69, 9.17) is 0 Å². The zero-order valence-corrected chi connectivity index (χ0v) is 22.1. The van der Waals surface area contributed by atoms with E-state index in [-0.39, 0.29) is 17.3 Å². The van der Waals surface area contributed by atoms with Crippen molar-refractivity contribution in [2.24, 2.45) is 0 Å². The van der Waals surface area contributed by atoms with Crippen LogP contribution in [-0.2, 0) is 21.4 Å². The first-order valence-corrected chi connectivity index (χ1v) is 14.0. The van der Waals surface area contributed by atoms with Crippen LogP contribution in [-0.4, -0.2) is 34.0 Å². The van der Waals surface area contributed by atoms with Gasteiger partial charge in [0.25, 0.3) is 10.0 Å². The quantitative estimate of drug-likeness (QED) is 0.462. The molecular formula is C29H35N3O3S. The molecule has 1 saturated heterocycles. The van der Waals surface area contributed by atoms with Gasteiger partial charge in [-0.2, -0.15) is 0 Å². The summed E-state index contributed by atoms with van der Waals surface area (Å²) in [4.78, 5) is 15.6. The van der Waals surface area contributed by atoms with Gasteiger partial charge in [-0.15, -0.1) is 0 Å². The first-order valence-electron chi connectivity index (χ1n) is 12.5. The zero-order chi connectivity index (χ0) is 25.7. The van der Waals surface area contributed by atoms with E-state index in [1.807, 2.05) is 45.0 Å². The predicted molar refractivity (Wildman–Crippen MR) is 146 cm³/mol. The Kier molecular flexibility index (Phi) is 7.99. The molecule has 4 rings (SSSR count). The summed E-state index contributed by atoms with van der Waals surface area (Å²) in [7, 11) is -3.94. The second-order valence-corrected chi connectivity index (χ2v) is 11.4. The van der Waals surface area contributed by atoms with E-state index < -0.39 is 10.0 Å². The van der Waals surface area contributed by atoms with Crippen molar-refractivity contribution in [3.8, 4) is 0 Å². The second-order valence-electron chi connectivity index (χ2n) is 9.53. The van der Waals surface area contributed by atoms with Crippen LogP contribution in [0.4, 0.5) is 11.4 Å². The molecule has 3 aromatic rings. The van der Waals surface area contributed by atoms with Gasteiger partial charge in [0, 0.05) is 25.3 Å². The van der Waals surface area contributed by atoms with Crippen molar-refractivity contribution in [1.29, 1.82) is 0 Å². The largest absolute Gasteiger partial charge is 0.372 e. The van der Waals surface area contributed by atoms with Crippen LogP contribution in [0.1, 0.15) is 41.5 Å². The third-order valence-electron chi connectivity index (χ3n) is 6.89. The molecule has 36 heavy (non-hydrogen) atoms. The Labute approximate surface area is 215 Å². The minimum atomic E-state index is -3.94. The second kappa shape index (κ2) is 11.2. The van der Waals surface area contributed by atoms with Gasteiger partial charge in [0.2, 0.25) is 5.91 Å². The molecule has 0 saturated carbocycles. The van der Waals surface area contributed by atoms with Crippen LogP contribution >= 0.6 is 0 Å². The van der Waals surface area contributed by atoms with Crippen LogP contribution in [0.3, 0.4) is 0 Å². The molecule has 1 heterocycles. The van der Waals surface area contributed by atoms with Crippen molar-refractivity contribution in [3.05, 3.63) is 89.0 Å². The number of sulfonamides is 1. The Morgan fingerprint density at radius 2 is 1.56 bits per heavy atom. The number of carbonyl (C=O) groups excluding carboxylic acids is 1. The van der Waals surface area contributed by atoms with Gasteiger partial charge in [-0.1, -0.05) is 42.0 Å². The van der Waals surface area contributed by atoms with E-state index in [2.05, 4.69) is 22.3 Å². The van der Waals surface area contributed by atoms with Crippen LogP contribution in [0.15, 0.2) is 71.6 Å². The number of carbonyl (C=O) groups is 1. The highest BCUT2D eigenvalue weighted by molar-refractivity contribution is 7.92. The van der Waals surface area contributed by atoms with Gasteiger partial charge in [-0.3, -0.25) is 9.10 Å². The van der Waals surface area contributed by atoms with Crippen LogP contribution in [0.25, 0.3) is 0 Å². The number of piperidine rings is 1.